The molecule has 0 amide bonds. The van der Waals surface area contributed by atoms with Gasteiger partial charge in [-0.2, -0.15) is 0 Å². The molecule has 0 aromatic heterocycles. The van der Waals surface area contributed by atoms with Crippen LogP contribution < -0.4 is 0 Å². The van der Waals surface area contributed by atoms with Crippen molar-refractivity contribution in [1.82, 2.24) is 0 Å². The molecule has 3 atom stereocenters. The van der Waals surface area contributed by atoms with Crippen LogP contribution in [0.3, 0.4) is 0 Å². The molecule has 1 nitrogen and oxygen atoms in total. The summed E-state index contributed by atoms with van der Waals surface area (Å²) in [5.74, 6) is 0. The molecule has 3 rings (SSSR count). The first kappa shape index (κ1) is 12.9. The van der Waals surface area contributed by atoms with Crippen LogP contribution in [0.1, 0.15) is 33.6 Å². The van der Waals surface area contributed by atoms with Crippen LogP contribution >= 0.6 is 0 Å². The van der Waals surface area contributed by atoms with Gasteiger partial charge in [-0.15, -0.1) is 0 Å². The number of aliphatic hydroxyl groups is 1. The van der Waals surface area contributed by atoms with Crippen molar-refractivity contribution < 1.29 is 5.11 Å². The third kappa shape index (κ3) is 3.09. The number of rotatable bonds is 2. The maximum atomic E-state index is 10.2. The van der Waals surface area contributed by atoms with Crippen molar-refractivity contribution in [1.29, 1.82) is 0 Å². The van der Waals surface area contributed by atoms with Crippen molar-refractivity contribution in [2.24, 2.45) is 0 Å². The summed E-state index contributed by atoms with van der Waals surface area (Å²) < 4.78 is 0. The van der Waals surface area contributed by atoms with E-state index in [2.05, 4.69) is 60.7 Å². The van der Waals surface area contributed by atoms with Gasteiger partial charge in [-0.1, -0.05) is 0 Å². The number of aliphatic hydroxyl groups excluding tert-OH is 1. The summed E-state index contributed by atoms with van der Waals surface area (Å²) in [5, 5.41) is 10.2. The van der Waals surface area contributed by atoms with Crippen LogP contribution in [0.5, 0.6) is 0 Å². The second kappa shape index (κ2) is 5.92. The van der Waals surface area contributed by atoms with Crippen LogP contribution in [-0.2, 0) is 0 Å². The van der Waals surface area contributed by atoms with Gasteiger partial charge in [0.25, 0.3) is 0 Å². The van der Waals surface area contributed by atoms with E-state index in [1.165, 1.54) is 11.1 Å². The van der Waals surface area contributed by atoms with Crippen LogP contribution in [-0.4, -0.2) is 26.2 Å². The van der Waals surface area contributed by atoms with Crippen molar-refractivity contribution in [2.45, 2.75) is 28.6 Å². The first-order chi connectivity index (χ1) is 9.33. The van der Waals surface area contributed by atoms with Gasteiger partial charge in [-0.3, -0.25) is 0 Å². The third-order valence-electron chi connectivity index (χ3n) is 3.64. The molecule has 1 aliphatic rings. The molecular weight excluding hydrogens is 299 g/mol. The SMILES string of the molecule is OC1C[C@@H](c2ccccc2)[Se][C@@H](c2ccccc2)C1. The fourth-order valence-corrected chi connectivity index (χ4v) is 6.21. The number of benzene rings is 2. The molecule has 0 spiro atoms. The van der Waals surface area contributed by atoms with Crippen molar-refractivity contribution in [3.63, 3.8) is 0 Å². The average molecular weight is 317 g/mol. The summed E-state index contributed by atoms with van der Waals surface area (Å²) in [6, 6.07) is 21.3. The fourth-order valence-electron chi connectivity index (χ4n) is 2.66. The normalized spacial score (nSPS) is 27.1. The Labute approximate surface area is 120 Å². The molecule has 2 heteroatoms. The molecular formula is C17H18OSe. The molecule has 0 saturated carbocycles. The Morgan fingerprint density at radius 3 is 1.58 bits per heavy atom. The van der Waals surface area contributed by atoms with Crippen LogP contribution in [0.15, 0.2) is 60.7 Å². The van der Waals surface area contributed by atoms with Gasteiger partial charge in [-0.25, -0.2) is 0 Å². The molecule has 0 radical (unpaired) electrons. The van der Waals surface area contributed by atoms with Gasteiger partial charge >= 0.3 is 120 Å². The molecule has 1 heterocycles. The molecule has 1 N–H and O–H groups in total. The van der Waals surface area contributed by atoms with Crippen molar-refractivity contribution in [2.75, 3.05) is 0 Å². The Morgan fingerprint density at radius 1 is 0.737 bits per heavy atom. The Hall–Kier alpha value is -1.08. The zero-order valence-electron chi connectivity index (χ0n) is 10.8. The summed E-state index contributed by atoms with van der Waals surface area (Å²) in [7, 11) is 0. The van der Waals surface area contributed by atoms with Crippen LogP contribution in [0, 0.1) is 0 Å². The Morgan fingerprint density at radius 2 is 1.16 bits per heavy atom. The standard InChI is InChI=1S/C17H18OSe/c18-15-11-16(13-7-3-1-4-8-13)19-17(12-15)14-9-5-2-6-10-14/h1-10,15-18H,11-12H2/t15?,16-,17+. The van der Waals surface area contributed by atoms with E-state index in [-0.39, 0.29) is 6.10 Å². The van der Waals surface area contributed by atoms with E-state index in [0.717, 1.165) is 12.8 Å². The second-order valence-corrected chi connectivity index (χ2v) is 8.02. The maximum absolute atomic E-state index is 10.2. The summed E-state index contributed by atoms with van der Waals surface area (Å²) in [4.78, 5) is 1.09. The van der Waals surface area contributed by atoms with Crippen molar-refractivity contribution in [3.05, 3.63) is 71.8 Å². The number of hydrogen-bond acceptors (Lipinski definition) is 1. The summed E-state index contributed by atoms with van der Waals surface area (Å²) in [5.41, 5.74) is 2.78. The summed E-state index contributed by atoms with van der Waals surface area (Å²) in [6.45, 7) is 0. The van der Waals surface area contributed by atoms with Crippen LogP contribution in [0.25, 0.3) is 0 Å². The van der Waals surface area contributed by atoms with Gasteiger partial charge in [0, 0.05) is 0 Å². The molecule has 0 aliphatic carbocycles. The first-order valence-electron chi connectivity index (χ1n) is 6.76. The van der Waals surface area contributed by atoms with Crippen molar-refractivity contribution >= 4 is 15.0 Å². The Kier molecular flexibility index (Phi) is 4.03. The van der Waals surface area contributed by atoms with E-state index in [1.807, 2.05) is 0 Å². The summed E-state index contributed by atoms with van der Waals surface area (Å²) in [6.07, 6.45) is 1.69. The second-order valence-electron chi connectivity index (χ2n) is 5.06. The van der Waals surface area contributed by atoms with Gasteiger partial charge in [0.05, 0.1) is 0 Å². The van der Waals surface area contributed by atoms with Gasteiger partial charge in [0.1, 0.15) is 0 Å². The van der Waals surface area contributed by atoms with E-state index in [9.17, 15) is 5.11 Å². The minimum absolute atomic E-state index is 0.161. The van der Waals surface area contributed by atoms with Gasteiger partial charge < -0.3 is 0 Å². The molecule has 1 fully saturated rings. The van der Waals surface area contributed by atoms with Crippen LogP contribution in [0.4, 0.5) is 0 Å². The predicted molar refractivity (Wildman–Crippen MR) is 79.4 cm³/mol. The molecule has 1 saturated heterocycles. The Balaban J connectivity index is 1.82. The third-order valence-corrected chi connectivity index (χ3v) is 6.97. The zero-order valence-corrected chi connectivity index (χ0v) is 12.5. The average Bonchev–Trinajstić information content (AvgIpc) is 2.48. The van der Waals surface area contributed by atoms with E-state index >= 15 is 0 Å². The molecule has 98 valence electrons. The van der Waals surface area contributed by atoms with Crippen molar-refractivity contribution in [3.8, 4) is 0 Å². The molecule has 2 aromatic carbocycles. The van der Waals surface area contributed by atoms with Gasteiger partial charge in [0.2, 0.25) is 0 Å². The monoisotopic (exact) mass is 318 g/mol. The van der Waals surface area contributed by atoms with Gasteiger partial charge in [-0.05, 0) is 0 Å². The summed E-state index contributed by atoms with van der Waals surface area (Å²) >= 11 is 0.516. The van der Waals surface area contributed by atoms with Crippen LogP contribution in [0.2, 0.25) is 0 Å². The molecule has 19 heavy (non-hydrogen) atoms. The molecule has 2 aromatic rings. The number of hydrogen-bond donors (Lipinski definition) is 1. The molecule has 1 unspecified atom stereocenters. The zero-order chi connectivity index (χ0) is 13.1. The fraction of sp³-hybridized carbons (Fsp3) is 0.294. The quantitative estimate of drug-likeness (QED) is 0.843. The molecule has 0 bridgehead atoms. The van der Waals surface area contributed by atoms with Gasteiger partial charge in [0.15, 0.2) is 0 Å². The van der Waals surface area contributed by atoms with E-state index < -0.39 is 0 Å². The molecule has 1 aliphatic heterocycles. The Bertz CT molecular complexity index is 464. The first-order valence-corrected chi connectivity index (χ1v) is 8.74. The topological polar surface area (TPSA) is 20.2 Å². The van der Waals surface area contributed by atoms with E-state index in [1.54, 1.807) is 0 Å². The predicted octanol–water partition coefficient (Wildman–Crippen LogP) is 3.33. The van der Waals surface area contributed by atoms with E-state index in [4.69, 9.17) is 0 Å². The minimum atomic E-state index is -0.161. The van der Waals surface area contributed by atoms with E-state index in [0.29, 0.717) is 24.6 Å².